The van der Waals surface area contributed by atoms with Crippen molar-refractivity contribution in [2.24, 2.45) is 0 Å². The number of alkyl halides is 3. The Morgan fingerprint density at radius 1 is 1.26 bits per heavy atom. The van der Waals surface area contributed by atoms with Crippen LogP contribution >= 0.6 is 0 Å². The molecule has 0 spiro atoms. The maximum atomic E-state index is 12.3. The van der Waals surface area contributed by atoms with Gasteiger partial charge >= 0.3 is 21.6 Å². The number of rotatable bonds is 5. The molecule has 7 nitrogen and oxygen atoms in total. The molecule has 1 amide bonds. The third-order valence-electron chi connectivity index (χ3n) is 2.41. The lowest BCUT2D eigenvalue weighted by molar-refractivity contribution is -0.139. The Bertz CT molecular complexity index is 714. The molecule has 0 saturated carbocycles. The number of ether oxygens (including phenoxy) is 1. The summed E-state index contributed by atoms with van der Waals surface area (Å²) in [6.07, 6.45) is -0.227. The van der Waals surface area contributed by atoms with Gasteiger partial charge in [0.15, 0.2) is 5.75 Å². The molecule has 1 N–H and O–H groups in total. The van der Waals surface area contributed by atoms with Crippen molar-refractivity contribution in [1.29, 1.82) is 0 Å². The molecule has 0 aliphatic carbocycles. The minimum Gasteiger partial charge on any atom is -0.469 e. The predicted octanol–water partition coefficient (Wildman–Crippen LogP) is 1.59. The molecular weight excluding hydrogens is 343 g/mol. The van der Waals surface area contributed by atoms with Crippen molar-refractivity contribution < 1.29 is 40.1 Å². The van der Waals surface area contributed by atoms with Gasteiger partial charge in [0, 0.05) is 6.92 Å². The van der Waals surface area contributed by atoms with E-state index in [2.05, 4.69) is 14.2 Å². The summed E-state index contributed by atoms with van der Waals surface area (Å²) in [4.78, 5) is 22.3. The number of halogens is 3. The lowest BCUT2D eigenvalue weighted by Crippen LogP contribution is -2.28. The van der Waals surface area contributed by atoms with Gasteiger partial charge in [-0.25, -0.2) is 0 Å². The van der Waals surface area contributed by atoms with Gasteiger partial charge in [-0.3, -0.25) is 9.59 Å². The molecule has 23 heavy (non-hydrogen) atoms. The average Bonchev–Trinajstić information content (AvgIpc) is 2.39. The van der Waals surface area contributed by atoms with Crippen molar-refractivity contribution in [1.82, 2.24) is 0 Å². The van der Waals surface area contributed by atoms with Gasteiger partial charge in [0.25, 0.3) is 0 Å². The van der Waals surface area contributed by atoms with E-state index in [0.29, 0.717) is 0 Å². The first-order chi connectivity index (χ1) is 10.5. The number of methoxy groups -OCH3 is 1. The van der Waals surface area contributed by atoms with Crippen molar-refractivity contribution >= 4 is 27.7 Å². The molecule has 0 aliphatic heterocycles. The van der Waals surface area contributed by atoms with Crippen molar-refractivity contribution in [3.8, 4) is 5.75 Å². The molecule has 0 unspecified atom stereocenters. The van der Waals surface area contributed by atoms with Crippen LogP contribution in [-0.2, 0) is 30.9 Å². The Kier molecular flexibility index (Phi) is 5.59. The summed E-state index contributed by atoms with van der Waals surface area (Å²) in [6, 6.07) is 3.18. The average molecular weight is 355 g/mol. The SMILES string of the molecule is COC(=O)Cc1ccc(OS(=O)(=O)C(F)(F)F)c(NC(C)=O)c1. The van der Waals surface area contributed by atoms with Crippen LogP contribution in [0.25, 0.3) is 0 Å². The number of carbonyl (C=O) groups is 2. The lowest BCUT2D eigenvalue weighted by Gasteiger charge is -2.14. The molecule has 1 aromatic carbocycles. The minimum absolute atomic E-state index is 0.227. The van der Waals surface area contributed by atoms with E-state index in [4.69, 9.17) is 0 Å². The second-order valence-electron chi connectivity index (χ2n) is 4.25. The predicted molar refractivity (Wildman–Crippen MR) is 72.1 cm³/mol. The molecule has 128 valence electrons. The molecule has 0 fully saturated rings. The molecule has 0 heterocycles. The third-order valence-corrected chi connectivity index (χ3v) is 3.38. The van der Waals surface area contributed by atoms with Crippen LogP contribution in [0.15, 0.2) is 18.2 Å². The highest BCUT2D eigenvalue weighted by Crippen LogP contribution is 2.32. The highest BCUT2D eigenvalue weighted by atomic mass is 32.2. The van der Waals surface area contributed by atoms with Gasteiger partial charge in [0.2, 0.25) is 5.91 Å². The summed E-state index contributed by atoms with van der Waals surface area (Å²) < 4.78 is 67.5. The molecule has 0 atom stereocenters. The van der Waals surface area contributed by atoms with Crippen LogP contribution in [0.4, 0.5) is 18.9 Å². The van der Waals surface area contributed by atoms with E-state index >= 15 is 0 Å². The Balaban J connectivity index is 3.21. The molecule has 0 bridgehead atoms. The first kappa shape index (κ1) is 18.7. The molecule has 1 aromatic rings. The third kappa shape index (κ3) is 5.13. The standard InChI is InChI=1S/C12H12F3NO6S/c1-7(17)16-9-5-8(6-11(18)21-2)3-4-10(9)22-23(19,20)12(13,14)15/h3-5H,6H2,1-2H3,(H,16,17). The van der Waals surface area contributed by atoms with Gasteiger partial charge in [-0.1, -0.05) is 6.07 Å². The number of hydrogen-bond acceptors (Lipinski definition) is 6. The second kappa shape index (κ2) is 6.86. The summed E-state index contributed by atoms with van der Waals surface area (Å²) in [7, 11) is -4.75. The highest BCUT2D eigenvalue weighted by molar-refractivity contribution is 7.88. The summed E-state index contributed by atoms with van der Waals surface area (Å²) in [5.74, 6) is -2.03. The van der Waals surface area contributed by atoms with Crippen LogP contribution < -0.4 is 9.50 Å². The maximum absolute atomic E-state index is 12.3. The van der Waals surface area contributed by atoms with E-state index in [1.807, 2.05) is 0 Å². The Morgan fingerprint density at radius 2 is 1.87 bits per heavy atom. The molecule has 1 rings (SSSR count). The number of amides is 1. The van der Waals surface area contributed by atoms with Crippen molar-refractivity contribution in [3.05, 3.63) is 23.8 Å². The quantitative estimate of drug-likeness (QED) is 0.489. The smallest absolute Gasteiger partial charge is 0.469 e. The van der Waals surface area contributed by atoms with Crippen LogP contribution in [0.5, 0.6) is 5.75 Å². The van der Waals surface area contributed by atoms with E-state index in [9.17, 15) is 31.2 Å². The normalized spacial score (nSPS) is 11.7. The topological polar surface area (TPSA) is 98.8 Å². The van der Waals surface area contributed by atoms with Gasteiger partial charge in [-0.15, -0.1) is 0 Å². The van der Waals surface area contributed by atoms with Crippen LogP contribution in [0.2, 0.25) is 0 Å². The van der Waals surface area contributed by atoms with E-state index in [-0.39, 0.29) is 17.7 Å². The fraction of sp³-hybridized carbons (Fsp3) is 0.333. The molecule has 0 saturated heterocycles. The van der Waals surface area contributed by atoms with E-state index in [0.717, 1.165) is 26.2 Å². The molecule has 0 radical (unpaired) electrons. The minimum atomic E-state index is -5.89. The lowest BCUT2D eigenvalue weighted by atomic mass is 10.1. The van der Waals surface area contributed by atoms with Crippen LogP contribution in [0, 0.1) is 0 Å². The Morgan fingerprint density at radius 3 is 2.35 bits per heavy atom. The molecular formula is C12H12F3NO6S. The Hall–Kier alpha value is -2.30. The van der Waals surface area contributed by atoms with Crippen LogP contribution in [0.1, 0.15) is 12.5 Å². The summed E-state index contributed by atoms with van der Waals surface area (Å²) in [5, 5.41) is 2.13. The van der Waals surface area contributed by atoms with E-state index in [1.54, 1.807) is 0 Å². The zero-order valence-electron chi connectivity index (χ0n) is 11.9. The number of esters is 1. The monoisotopic (exact) mass is 355 g/mol. The van der Waals surface area contributed by atoms with Gasteiger partial charge in [-0.2, -0.15) is 21.6 Å². The number of nitrogens with one attached hydrogen (secondary N) is 1. The number of carbonyl (C=O) groups excluding carboxylic acids is 2. The summed E-state index contributed by atoms with van der Waals surface area (Å²) >= 11 is 0. The first-order valence-electron chi connectivity index (χ1n) is 5.94. The van der Waals surface area contributed by atoms with E-state index < -0.39 is 33.3 Å². The highest BCUT2D eigenvalue weighted by Gasteiger charge is 2.48. The maximum Gasteiger partial charge on any atom is 0.534 e. The molecule has 0 aromatic heterocycles. The zero-order valence-corrected chi connectivity index (χ0v) is 12.7. The molecule has 0 aliphatic rings. The number of anilines is 1. The summed E-state index contributed by atoms with van der Waals surface area (Å²) in [5.41, 5.74) is -5.67. The van der Waals surface area contributed by atoms with E-state index in [1.165, 1.54) is 6.07 Å². The first-order valence-corrected chi connectivity index (χ1v) is 7.35. The summed E-state index contributed by atoms with van der Waals surface area (Å²) in [6.45, 7) is 1.06. The van der Waals surface area contributed by atoms with Crippen molar-refractivity contribution in [2.45, 2.75) is 18.9 Å². The van der Waals surface area contributed by atoms with Gasteiger partial charge in [0.05, 0.1) is 19.2 Å². The molecule has 11 heteroatoms. The van der Waals surface area contributed by atoms with Gasteiger partial charge < -0.3 is 14.2 Å². The van der Waals surface area contributed by atoms with Gasteiger partial charge in [0.1, 0.15) is 0 Å². The zero-order chi connectivity index (χ0) is 17.8. The second-order valence-corrected chi connectivity index (χ2v) is 5.79. The fourth-order valence-electron chi connectivity index (χ4n) is 1.45. The van der Waals surface area contributed by atoms with Crippen LogP contribution in [0.3, 0.4) is 0 Å². The van der Waals surface area contributed by atoms with Crippen molar-refractivity contribution in [3.63, 3.8) is 0 Å². The van der Waals surface area contributed by atoms with Gasteiger partial charge in [-0.05, 0) is 17.7 Å². The largest absolute Gasteiger partial charge is 0.534 e. The Labute approximate surface area is 129 Å². The van der Waals surface area contributed by atoms with Crippen molar-refractivity contribution in [2.75, 3.05) is 12.4 Å². The van der Waals surface area contributed by atoms with Crippen LogP contribution in [-0.4, -0.2) is 32.9 Å². The number of hydrogen-bond donors (Lipinski definition) is 1. The fourth-order valence-corrected chi connectivity index (χ4v) is 1.93. The number of benzene rings is 1.